The number of nitrogens with one attached hydrogen (secondary N) is 1. The zero-order valence-electron chi connectivity index (χ0n) is 9.25. The van der Waals surface area contributed by atoms with Gasteiger partial charge < -0.3 is 0 Å². The number of aryl methyl sites for hydroxylation is 1. The minimum Gasteiger partial charge on any atom is -0.273 e. The molecule has 2 aromatic heterocycles. The molecule has 4 nitrogen and oxygen atoms in total. The quantitative estimate of drug-likeness (QED) is 0.858. The van der Waals surface area contributed by atoms with Gasteiger partial charge in [0.05, 0.1) is 9.77 Å². The van der Waals surface area contributed by atoms with Crippen LogP contribution in [0.2, 0.25) is 0 Å². The smallest absolute Gasteiger partial charge is 0.273 e. The average Bonchev–Trinajstić information content (AvgIpc) is 2.79. The van der Waals surface area contributed by atoms with E-state index in [-0.39, 0.29) is 10.6 Å². The summed E-state index contributed by atoms with van der Waals surface area (Å²) in [6.07, 6.45) is -4.53. The number of rotatable bonds is 2. The Kier molecular flexibility index (Phi) is 3.40. The van der Waals surface area contributed by atoms with Gasteiger partial charge in [-0.25, -0.2) is 8.42 Å². The summed E-state index contributed by atoms with van der Waals surface area (Å²) in [6, 6.07) is 2.02. The number of H-pyrrole nitrogens is 1. The Morgan fingerprint density at radius 3 is 2.42 bits per heavy atom. The number of hydrogen-bond acceptors (Lipinski definition) is 4. The van der Waals surface area contributed by atoms with Crippen molar-refractivity contribution in [2.24, 2.45) is 0 Å². The van der Waals surface area contributed by atoms with E-state index in [9.17, 15) is 21.6 Å². The van der Waals surface area contributed by atoms with Gasteiger partial charge in [-0.3, -0.25) is 5.10 Å². The maximum absolute atomic E-state index is 12.4. The summed E-state index contributed by atoms with van der Waals surface area (Å²) in [6.45, 7) is 1.51. The Morgan fingerprint density at radius 1 is 1.37 bits per heavy atom. The third kappa shape index (κ3) is 2.93. The van der Waals surface area contributed by atoms with Gasteiger partial charge >= 0.3 is 6.18 Å². The lowest BCUT2D eigenvalue weighted by Crippen LogP contribution is -2.04. The highest BCUT2D eigenvalue weighted by atomic mass is 35.7. The fraction of sp³-hybridized carbons (Fsp3) is 0.222. The van der Waals surface area contributed by atoms with Gasteiger partial charge in [0.25, 0.3) is 9.05 Å². The number of nitrogens with zero attached hydrogens (tertiary/aromatic N) is 1. The van der Waals surface area contributed by atoms with Crippen LogP contribution in [0.15, 0.2) is 17.0 Å². The lowest BCUT2D eigenvalue weighted by molar-refractivity contribution is -0.141. The van der Waals surface area contributed by atoms with E-state index in [1.807, 2.05) is 5.10 Å². The maximum Gasteiger partial charge on any atom is 0.432 e. The standard InChI is InChI=1S/C9H6ClF3N2O2S2/c1-4-7(19(10,16)17)3-6(18-4)5-2-8(15-14-5)9(11,12)13/h2-3H,1H3,(H,14,15). The van der Waals surface area contributed by atoms with E-state index in [0.717, 1.165) is 17.4 Å². The van der Waals surface area contributed by atoms with Crippen molar-refractivity contribution in [3.63, 3.8) is 0 Å². The summed E-state index contributed by atoms with van der Waals surface area (Å²) in [5.41, 5.74) is -0.976. The van der Waals surface area contributed by atoms with Gasteiger partial charge in [0.2, 0.25) is 0 Å². The largest absolute Gasteiger partial charge is 0.432 e. The Morgan fingerprint density at radius 2 is 2.00 bits per heavy atom. The van der Waals surface area contributed by atoms with Crippen molar-refractivity contribution in [2.45, 2.75) is 18.0 Å². The average molecular weight is 331 g/mol. The molecule has 2 aromatic rings. The van der Waals surface area contributed by atoms with Crippen LogP contribution in [0.3, 0.4) is 0 Å². The van der Waals surface area contributed by atoms with Crippen LogP contribution in [0.4, 0.5) is 13.2 Å². The Balaban J connectivity index is 2.47. The summed E-state index contributed by atoms with van der Waals surface area (Å²) < 4.78 is 59.7. The maximum atomic E-state index is 12.4. The lowest BCUT2D eigenvalue weighted by Gasteiger charge is -1.99. The van der Waals surface area contributed by atoms with Crippen LogP contribution in [-0.2, 0) is 15.2 Å². The molecule has 0 fully saturated rings. The van der Waals surface area contributed by atoms with E-state index in [1.165, 1.54) is 13.0 Å². The van der Waals surface area contributed by atoms with Crippen LogP contribution in [-0.4, -0.2) is 18.6 Å². The molecular formula is C9H6ClF3N2O2S2. The highest BCUT2D eigenvalue weighted by Gasteiger charge is 2.33. The van der Waals surface area contributed by atoms with Gasteiger partial charge in [0, 0.05) is 15.6 Å². The molecule has 2 rings (SSSR count). The van der Waals surface area contributed by atoms with Gasteiger partial charge in [-0.1, -0.05) is 0 Å². The normalized spacial score (nSPS) is 12.9. The molecular weight excluding hydrogens is 325 g/mol. The van der Waals surface area contributed by atoms with Crippen molar-refractivity contribution in [1.29, 1.82) is 0 Å². The number of aromatic nitrogens is 2. The third-order valence-electron chi connectivity index (χ3n) is 2.27. The van der Waals surface area contributed by atoms with Gasteiger partial charge in [-0.15, -0.1) is 11.3 Å². The molecule has 0 amide bonds. The zero-order chi connectivity index (χ0) is 14.4. The molecule has 0 aliphatic heterocycles. The summed E-state index contributed by atoms with van der Waals surface area (Å²) in [5.74, 6) is 0. The minimum atomic E-state index is -4.53. The first-order valence-electron chi connectivity index (χ1n) is 4.77. The SMILES string of the molecule is Cc1sc(-c2cc(C(F)(F)F)[nH]n2)cc1S(=O)(=O)Cl. The molecule has 0 saturated carbocycles. The van der Waals surface area contributed by atoms with Crippen molar-refractivity contribution < 1.29 is 21.6 Å². The number of halogens is 4. The Labute approximate surface area is 114 Å². The molecule has 1 N–H and O–H groups in total. The van der Waals surface area contributed by atoms with Crippen molar-refractivity contribution in [1.82, 2.24) is 10.2 Å². The summed E-state index contributed by atoms with van der Waals surface area (Å²) in [5, 5.41) is 5.38. The van der Waals surface area contributed by atoms with Crippen molar-refractivity contribution in [3.05, 3.63) is 22.7 Å². The first-order valence-corrected chi connectivity index (χ1v) is 7.89. The highest BCUT2D eigenvalue weighted by molar-refractivity contribution is 8.13. The fourth-order valence-corrected chi connectivity index (χ4v) is 4.05. The van der Waals surface area contributed by atoms with Crippen LogP contribution < -0.4 is 0 Å². The van der Waals surface area contributed by atoms with Crippen molar-refractivity contribution in [3.8, 4) is 10.6 Å². The molecule has 0 radical (unpaired) electrons. The number of hydrogen-bond donors (Lipinski definition) is 1. The summed E-state index contributed by atoms with van der Waals surface area (Å²) in [4.78, 5) is 0.566. The molecule has 19 heavy (non-hydrogen) atoms. The topological polar surface area (TPSA) is 62.8 Å². The van der Waals surface area contributed by atoms with E-state index in [0.29, 0.717) is 9.75 Å². The number of thiophene rings is 1. The molecule has 0 saturated heterocycles. The van der Waals surface area contributed by atoms with Gasteiger partial charge in [-0.2, -0.15) is 18.3 Å². The molecule has 0 aromatic carbocycles. The second-order valence-electron chi connectivity index (χ2n) is 3.63. The monoisotopic (exact) mass is 330 g/mol. The molecule has 2 heterocycles. The minimum absolute atomic E-state index is 0.0204. The molecule has 0 aliphatic carbocycles. The van der Waals surface area contributed by atoms with Crippen molar-refractivity contribution >= 4 is 31.1 Å². The first kappa shape index (κ1) is 14.4. The predicted molar refractivity (Wildman–Crippen MR) is 64.7 cm³/mol. The van der Waals surface area contributed by atoms with Crippen LogP contribution in [0.25, 0.3) is 10.6 Å². The van der Waals surface area contributed by atoms with E-state index < -0.39 is 20.9 Å². The van der Waals surface area contributed by atoms with Crippen LogP contribution in [0.5, 0.6) is 0 Å². The Hall–Kier alpha value is -1.06. The summed E-state index contributed by atoms with van der Waals surface area (Å²) in [7, 11) is 1.29. The van der Waals surface area contributed by atoms with E-state index in [1.54, 1.807) is 0 Å². The van der Waals surface area contributed by atoms with Gasteiger partial charge in [0.1, 0.15) is 11.4 Å². The predicted octanol–water partition coefficient (Wildman–Crippen LogP) is 3.39. The van der Waals surface area contributed by atoms with E-state index in [4.69, 9.17) is 10.7 Å². The van der Waals surface area contributed by atoms with Crippen LogP contribution >= 0.6 is 22.0 Å². The van der Waals surface area contributed by atoms with E-state index >= 15 is 0 Å². The molecule has 0 atom stereocenters. The van der Waals surface area contributed by atoms with Crippen LogP contribution in [0, 0.1) is 6.92 Å². The second-order valence-corrected chi connectivity index (χ2v) is 7.42. The molecule has 10 heteroatoms. The van der Waals surface area contributed by atoms with Gasteiger partial charge in [0.15, 0.2) is 0 Å². The molecule has 0 bridgehead atoms. The molecule has 104 valence electrons. The molecule has 0 aliphatic rings. The molecule has 0 unspecified atom stereocenters. The van der Waals surface area contributed by atoms with Crippen molar-refractivity contribution in [2.75, 3.05) is 0 Å². The van der Waals surface area contributed by atoms with E-state index in [2.05, 4.69) is 5.10 Å². The Bertz CT molecular complexity index is 718. The molecule has 0 spiro atoms. The summed E-state index contributed by atoms with van der Waals surface area (Å²) >= 11 is 1.00. The fourth-order valence-electron chi connectivity index (χ4n) is 1.43. The zero-order valence-corrected chi connectivity index (χ0v) is 11.6. The first-order chi connectivity index (χ1) is 8.59. The third-order valence-corrected chi connectivity index (χ3v) is 4.92. The number of aromatic amines is 1. The highest BCUT2D eigenvalue weighted by Crippen LogP contribution is 2.36. The second kappa shape index (κ2) is 4.50. The number of alkyl halides is 3. The lowest BCUT2D eigenvalue weighted by atomic mass is 10.3. The van der Waals surface area contributed by atoms with Gasteiger partial charge in [-0.05, 0) is 19.1 Å². The van der Waals surface area contributed by atoms with Crippen LogP contribution in [0.1, 0.15) is 10.6 Å².